The van der Waals surface area contributed by atoms with Crippen LogP contribution in [0.3, 0.4) is 0 Å². The number of likely N-dealkylation sites (tertiary alicyclic amines) is 1. The lowest BCUT2D eigenvalue weighted by Gasteiger charge is -2.31. The van der Waals surface area contributed by atoms with Gasteiger partial charge in [0.2, 0.25) is 0 Å². The fourth-order valence-corrected chi connectivity index (χ4v) is 2.52. The zero-order valence-corrected chi connectivity index (χ0v) is 11.1. The molecule has 4 nitrogen and oxygen atoms in total. The second-order valence-corrected chi connectivity index (χ2v) is 4.99. The summed E-state index contributed by atoms with van der Waals surface area (Å²) in [5.74, 6) is 0.382. The molecule has 1 aliphatic rings. The number of hydrogen-bond acceptors (Lipinski definition) is 4. The lowest BCUT2D eigenvalue weighted by molar-refractivity contribution is 0.0590. The Bertz CT molecular complexity index is 420. The minimum atomic E-state index is -0.351. The smallest absolute Gasteiger partial charge is 0.356 e. The fourth-order valence-electron chi connectivity index (χ4n) is 2.52. The number of ether oxygens (including phenoxy) is 1. The van der Waals surface area contributed by atoms with Crippen LogP contribution in [0.1, 0.15) is 35.8 Å². The molecule has 0 aromatic carbocycles. The molecule has 2 rings (SSSR count). The van der Waals surface area contributed by atoms with E-state index < -0.39 is 0 Å². The molecule has 1 atom stereocenters. The Morgan fingerprint density at radius 3 is 3.17 bits per heavy atom. The van der Waals surface area contributed by atoms with Crippen molar-refractivity contribution in [3.05, 3.63) is 29.6 Å². The lowest BCUT2D eigenvalue weighted by Crippen LogP contribution is -2.34. The highest BCUT2D eigenvalue weighted by Gasteiger charge is 2.19. The monoisotopic (exact) mass is 248 g/mol. The van der Waals surface area contributed by atoms with Crippen molar-refractivity contribution in [1.29, 1.82) is 0 Å². The standard InChI is InChI=1S/C14H20N2O2/c1-11-5-4-8-16(9-11)10-12-6-3-7-15-13(12)14(17)18-2/h3,6-7,11H,4-5,8-10H2,1-2H3. The summed E-state index contributed by atoms with van der Waals surface area (Å²) in [5.41, 5.74) is 1.40. The van der Waals surface area contributed by atoms with E-state index in [1.807, 2.05) is 12.1 Å². The van der Waals surface area contributed by atoms with Gasteiger partial charge in [0.15, 0.2) is 5.69 Å². The van der Waals surface area contributed by atoms with Crippen molar-refractivity contribution in [3.8, 4) is 0 Å². The zero-order valence-electron chi connectivity index (χ0n) is 11.1. The molecule has 1 unspecified atom stereocenters. The Morgan fingerprint density at radius 1 is 1.61 bits per heavy atom. The van der Waals surface area contributed by atoms with Crippen LogP contribution in [0.25, 0.3) is 0 Å². The van der Waals surface area contributed by atoms with Gasteiger partial charge in [0.25, 0.3) is 0 Å². The van der Waals surface area contributed by atoms with Gasteiger partial charge in [-0.1, -0.05) is 13.0 Å². The molecule has 0 saturated carbocycles. The average molecular weight is 248 g/mol. The summed E-state index contributed by atoms with van der Waals surface area (Å²) in [6.07, 6.45) is 4.16. The molecule has 1 aromatic heterocycles. The predicted molar refractivity (Wildman–Crippen MR) is 69.3 cm³/mol. The summed E-state index contributed by atoms with van der Waals surface area (Å²) < 4.78 is 4.77. The van der Waals surface area contributed by atoms with Gasteiger partial charge in [-0.2, -0.15) is 0 Å². The minimum Gasteiger partial charge on any atom is -0.464 e. The van der Waals surface area contributed by atoms with Crippen molar-refractivity contribution in [3.63, 3.8) is 0 Å². The molecule has 1 fully saturated rings. The summed E-state index contributed by atoms with van der Waals surface area (Å²) in [4.78, 5) is 18.2. The van der Waals surface area contributed by atoms with Crippen molar-refractivity contribution >= 4 is 5.97 Å². The third-order valence-electron chi connectivity index (χ3n) is 3.41. The largest absolute Gasteiger partial charge is 0.464 e. The molecule has 2 heterocycles. The third-order valence-corrected chi connectivity index (χ3v) is 3.41. The highest BCUT2D eigenvalue weighted by molar-refractivity contribution is 5.88. The first-order valence-electron chi connectivity index (χ1n) is 6.45. The van der Waals surface area contributed by atoms with Crippen molar-refractivity contribution < 1.29 is 9.53 Å². The number of nitrogens with zero attached hydrogens (tertiary/aromatic N) is 2. The van der Waals surface area contributed by atoms with Crippen LogP contribution in [0.4, 0.5) is 0 Å². The second kappa shape index (κ2) is 5.96. The van der Waals surface area contributed by atoms with E-state index in [9.17, 15) is 4.79 Å². The van der Waals surface area contributed by atoms with Crippen LogP contribution in [0.2, 0.25) is 0 Å². The van der Waals surface area contributed by atoms with Crippen molar-refractivity contribution in [2.24, 2.45) is 5.92 Å². The third kappa shape index (κ3) is 3.07. The first-order chi connectivity index (χ1) is 8.70. The number of methoxy groups -OCH3 is 1. The van der Waals surface area contributed by atoms with Crippen LogP contribution in [-0.4, -0.2) is 36.1 Å². The molecular formula is C14H20N2O2. The molecule has 1 saturated heterocycles. The lowest BCUT2D eigenvalue weighted by atomic mass is 9.99. The van der Waals surface area contributed by atoms with Crippen molar-refractivity contribution in [1.82, 2.24) is 9.88 Å². The molecule has 0 bridgehead atoms. The van der Waals surface area contributed by atoms with Crippen LogP contribution < -0.4 is 0 Å². The molecule has 1 aromatic rings. The highest BCUT2D eigenvalue weighted by Crippen LogP contribution is 2.19. The maximum atomic E-state index is 11.6. The number of pyridine rings is 1. The number of hydrogen-bond donors (Lipinski definition) is 0. The zero-order chi connectivity index (χ0) is 13.0. The van der Waals surface area contributed by atoms with Gasteiger partial charge < -0.3 is 4.74 Å². The van der Waals surface area contributed by atoms with Gasteiger partial charge >= 0.3 is 5.97 Å². The van der Waals surface area contributed by atoms with Crippen LogP contribution in [0, 0.1) is 5.92 Å². The van der Waals surface area contributed by atoms with Gasteiger partial charge in [-0.25, -0.2) is 9.78 Å². The molecule has 98 valence electrons. The maximum Gasteiger partial charge on any atom is 0.356 e. The van der Waals surface area contributed by atoms with Crippen LogP contribution >= 0.6 is 0 Å². The number of rotatable bonds is 3. The van der Waals surface area contributed by atoms with E-state index in [0.29, 0.717) is 5.69 Å². The van der Waals surface area contributed by atoms with E-state index in [1.165, 1.54) is 20.0 Å². The molecule has 0 aliphatic carbocycles. The van der Waals surface area contributed by atoms with Crippen LogP contribution in [-0.2, 0) is 11.3 Å². The minimum absolute atomic E-state index is 0.351. The Morgan fingerprint density at radius 2 is 2.44 bits per heavy atom. The summed E-state index contributed by atoms with van der Waals surface area (Å²) in [7, 11) is 1.39. The first-order valence-corrected chi connectivity index (χ1v) is 6.45. The molecule has 18 heavy (non-hydrogen) atoms. The Kier molecular flexibility index (Phi) is 4.31. The van der Waals surface area contributed by atoms with Gasteiger partial charge in [0.1, 0.15) is 0 Å². The molecule has 0 amide bonds. The van der Waals surface area contributed by atoms with Crippen LogP contribution in [0.15, 0.2) is 18.3 Å². The molecule has 1 aliphatic heterocycles. The summed E-state index contributed by atoms with van der Waals surface area (Å²) in [5, 5.41) is 0. The van der Waals surface area contributed by atoms with E-state index >= 15 is 0 Å². The topological polar surface area (TPSA) is 42.4 Å². The average Bonchev–Trinajstić information content (AvgIpc) is 2.38. The molecule has 0 spiro atoms. The quantitative estimate of drug-likeness (QED) is 0.768. The molecule has 0 N–H and O–H groups in total. The van der Waals surface area contributed by atoms with Crippen molar-refractivity contribution in [2.45, 2.75) is 26.3 Å². The summed E-state index contributed by atoms with van der Waals surface area (Å²) in [6, 6.07) is 3.83. The highest BCUT2D eigenvalue weighted by atomic mass is 16.5. The number of piperidine rings is 1. The molecule has 4 heteroatoms. The first kappa shape index (κ1) is 13.0. The Labute approximate surface area is 108 Å². The van der Waals surface area contributed by atoms with E-state index in [1.54, 1.807) is 6.20 Å². The SMILES string of the molecule is COC(=O)c1ncccc1CN1CCCC(C)C1. The summed E-state index contributed by atoms with van der Waals surface area (Å²) >= 11 is 0. The maximum absolute atomic E-state index is 11.6. The Balaban J connectivity index is 2.10. The molecule has 0 radical (unpaired) electrons. The number of carbonyl (C=O) groups excluding carboxylic acids is 1. The molecular weight excluding hydrogens is 228 g/mol. The van der Waals surface area contributed by atoms with Gasteiger partial charge in [-0.3, -0.25) is 4.90 Å². The summed E-state index contributed by atoms with van der Waals surface area (Å²) in [6.45, 7) is 5.24. The predicted octanol–water partition coefficient (Wildman–Crippen LogP) is 2.10. The van der Waals surface area contributed by atoms with Gasteiger partial charge in [0.05, 0.1) is 7.11 Å². The number of carbonyl (C=O) groups is 1. The second-order valence-electron chi connectivity index (χ2n) is 4.99. The van der Waals surface area contributed by atoms with Crippen LogP contribution in [0.5, 0.6) is 0 Å². The normalized spacial score (nSPS) is 20.7. The van der Waals surface area contributed by atoms with Gasteiger partial charge in [-0.05, 0) is 36.9 Å². The number of aromatic nitrogens is 1. The number of esters is 1. The van der Waals surface area contributed by atoms with Gasteiger partial charge in [0, 0.05) is 19.3 Å². The van der Waals surface area contributed by atoms with Crippen molar-refractivity contribution in [2.75, 3.05) is 20.2 Å². The fraction of sp³-hybridized carbons (Fsp3) is 0.571. The van der Waals surface area contributed by atoms with E-state index in [2.05, 4.69) is 16.8 Å². The van der Waals surface area contributed by atoms with E-state index in [0.717, 1.165) is 31.1 Å². The van der Waals surface area contributed by atoms with E-state index in [4.69, 9.17) is 4.74 Å². The van der Waals surface area contributed by atoms with Gasteiger partial charge in [-0.15, -0.1) is 0 Å². The Hall–Kier alpha value is -1.42. The van der Waals surface area contributed by atoms with E-state index in [-0.39, 0.29) is 5.97 Å².